The number of aromatic nitrogens is 2. The Morgan fingerprint density at radius 2 is 2.17 bits per heavy atom. The largest absolute Gasteiger partial charge is 0.251 e. The summed E-state index contributed by atoms with van der Waals surface area (Å²) < 4.78 is 27.1. The minimum Gasteiger partial charge on any atom is -0.251 e. The van der Waals surface area contributed by atoms with Gasteiger partial charge in [0, 0.05) is 5.69 Å². The summed E-state index contributed by atoms with van der Waals surface area (Å²) >= 11 is 0. The van der Waals surface area contributed by atoms with Gasteiger partial charge in [-0.05, 0) is 63.1 Å². The highest BCUT2D eigenvalue weighted by Gasteiger charge is 2.33. The van der Waals surface area contributed by atoms with E-state index in [1.165, 1.54) is 6.07 Å². The van der Waals surface area contributed by atoms with Crippen molar-refractivity contribution in [2.24, 2.45) is 5.14 Å². The third-order valence-corrected chi connectivity index (χ3v) is 5.93. The number of para-hydroxylation sites is 1. The summed E-state index contributed by atoms with van der Waals surface area (Å²) in [7, 11) is -1.37. The number of hydrogen-bond donors (Lipinski definition) is 1. The lowest BCUT2D eigenvalue weighted by molar-refractivity contribution is 0.458. The highest BCUT2D eigenvalue weighted by molar-refractivity contribution is 7.84. The van der Waals surface area contributed by atoms with Crippen molar-refractivity contribution in [3.05, 3.63) is 47.5 Å². The Morgan fingerprint density at radius 3 is 2.87 bits per heavy atom. The molecule has 0 radical (unpaired) electrons. The molecule has 0 aliphatic heterocycles. The van der Waals surface area contributed by atoms with E-state index in [2.05, 4.69) is 5.10 Å². The maximum Gasteiger partial charge on any atom is 0.148 e. The molecule has 2 N–H and O–H groups in total. The standard InChI is InChI=1S/C17H22FN3OS/c1-17(2,23(19)22)10-12-6-5-9-15-13(12)11-20-21(15)16-8-4-3-7-14(16)18/h3-4,7-8,11-12H,5-6,9-10,19H2,1-2H3/t12-,23?/m1/s1. The molecule has 1 aromatic heterocycles. The van der Waals surface area contributed by atoms with Gasteiger partial charge in [-0.2, -0.15) is 5.10 Å². The second kappa shape index (κ2) is 6.17. The number of fused-ring (bicyclic) bond motifs is 1. The normalized spacial score (nSPS) is 19.4. The van der Waals surface area contributed by atoms with Crippen LogP contribution < -0.4 is 5.14 Å². The molecule has 124 valence electrons. The molecule has 0 saturated carbocycles. The monoisotopic (exact) mass is 335 g/mol. The van der Waals surface area contributed by atoms with Crippen LogP contribution in [0.25, 0.3) is 5.69 Å². The summed E-state index contributed by atoms with van der Waals surface area (Å²) in [5.41, 5.74) is 2.68. The molecule has 0 bridgehead atoms. The molecular weight excluding hydrogens is 313 g/mol. The van der Waals surface area contributed by atoms with Crippen molar-refractivity contribution in [1.29, 1.82) is 0 Å². The Morgan fingerprint density at radius 1 is 1.43 bits per heavy atom. The minimum absolute atomic E-state index is 0.266. The van der Waals surface area contributed by atoms with Gasteiger partial charge in [-0.25, -0.2) is 13.3 Å². The van der Waals surface area contributed by atoms with Crippen LogP contribution >= 0.6 is 0 Å². The van der Waals surface area contributed by atoms with Gasteiger partial charge in [-0.15, -0.1) is 0 Å². The first-order valence-corrected chi connectivity index (χ1v) is 9.09. The SMILES string of the molecule is CC(C)(C[C@H]1CCCc2c1cnn2-c1ccccc1F)S(N)=O. The Bertz CT molecular complexity index is 741. The number of rotatable bonds is 4. The van der Waals surface area contributed by atoms with Crippen molar-refractivity contribution in [3.8, 4) is 5.69 Å². The Labute approximate surface area is 138 Å². The summed E-state index contributed by atoms with van der Waals surface area (Å²) in [5.74, 6) is -0.00862. The molecular formula is C17H22FN3OS. The first kappa shape index (κ1) is 16.3. The van der Waals surface area contributed by atoms with Crippen LogP contribution in [0.2, 0.25) is 0 Å². The quantitative estimate of drug-likeness (QED) is 0.932. The fourth-order valence-corrected chi connectivity index (χ4v) is 3.73. The lowest BCUT2D eigenvalue weighted by atomic mass is 9.81. The maximum absolute atomic E-state index is 14.1. The molecule has 23 heavy (non-hydrogen) atoms. The average Bonchev–Trinajstić information content (AvgIpc) is 2.92. The molecule has 1 aliphatic rings. The van der Waals surface area contributed by atoms with Crippen molar-refractivity contribution in [3.63, 3.8) is 0 Å². The van der Waals surface area contributed by atoms with Gasteiger partial charge in [0.05, 0.1) is 21.9 Å². The molecule has 0 spiro atoms. The van der Waals surface area contributed by atoms with Gasteiger partial charge in [0.15, 0.2) is 0 Å². The van der Waals surface area contributed by atoms with Crippen molar-refractivity contribution in [2.45, 2.75) is 50.2 Å². The first-order chi connectivity index (χ1) is 10.9. The van der Waals surface area contributed by atoms with E-state index in [0.29, 0.717) is 5.69 Å². The molecule has 0 fully saturated rings. The Balaban J connectivity index is 1.96. The van der Waals surface area contributed by atoms with Crippen LogP contribution in [0.5, 0.6) is 0 Å². The van der Waals surface area contributed by atoms with Crippen LogP contribution in [0.1, 0.15) is 50.3 Å². The summed E-state index contributed by atoms with van der Waals surface area (Å²) in [6.45, 7) is 3.86. The lowest BCUT2D eigenvalue weighted by Crippen LogP contribution is -2.34. The van der Waals surface area contributed by atoms with E-state index in [9.17, 15) is 8.60 Å². The lowest BCUT2D eigenvalue weighted by Gasteiger charge is -2.30. The molecule has 3 rings (SSSR count). The van der Waals surface area contributed by atoms with Crippen molar-refractivity contribution >= 4 is 11.0 Å². The van der Waals surface area contributed by atoms with E-state index in [1.54, 1.807) is 16.8 Å². The minimum atomic E-state index is -1.37. The van der Waals surface area contributed by atoms with Gasteiger partial charge in [0.25, 0.3) is 0 Å². The van der Waals surface area contributed by atoms with Gasteiger partial charge in [-0.3, -0.25) is 5.14 Å². The van der Waals surface area contributed by atoms with Gasteiger partial charge < -0.3 is 0 Å². The second-order valence-corrected chi connectivity index (χ2v) is 8.46. The van der Waals surface area contributed by atoms with Crippen molar-refractivity contribution < 1.29 is 8.60 Å². The zero-order valence-electron chi connectivity index (χ0n) is 13.5. The summed E-state index contributed by atoms with van der Waals surface area (Å²) in [4.78, 5) is 0. The molecule has 1 unspecified atom stereocenters. The molecule has 0 saturated heterocycles. The van der Waals surface area contributed by atoms with Crippen molar-refractivity contribution in [2.75, 3.05) is 0 Å². The molecule has 6 heteroatoms. The van der Waals surface area contributed by atoms with Crippen LogP contribution in [0.3, 0.4) is 0 Å². The fraction of sp³-hybridized carbons (Fsp3) is 0.471. The van der Waals surface area contributed by atoms with Gasteiger partial charge >= 0.3 is 0 Å². The summed E-state index contributed by atoms with van der Waals surface area (Å²) in [5, 5.41) is 10.0. The van der Waals surface area contributed by atoms with Crippen molar-refractivity contribution in [1.82, 2.24) is 9.78 Å². The smallest absolute Gasteiger partial charge is 0.148 e. The molecule has 2 aromatic rings. The topological polar surface area (TPSA) is 60.9 Å². The number of benzene rings is 1. The van der Waals surface area contributed by atoms with Gasteiger partial charge in [0.1, 0.15) is 11.5 Å². The van der Waals surface area contributed by atoms with Crippen LogP contribution in [-0.4, -0.2) is 18.7 Å². The van der Waals surface area contributed by atoms with E-state index in [1.807, 2.05) is 26.1 Å². The maximum atomic E-state index is 14.1. The van der Waals surface area contributed by atoms with Crippen LogP contribution in [0.4, 0.5) is 4.39 Å². The number of nitrogens with two attached hydrogens (primary N) is 1. The highest BCUT2D eigenvalue weighted by Crippen LogP contribution is 2.38. The van der Waals surface area contributed by atoms with E-state index in [4.69, 9.17) is 5.14 Å². The highest BCUT2D eigenvalue weighted by atomic mass is 32.2. The predicted molar refractivity (Wildman–Crippen MR) is 90.2 cm³/mol. The van der Waals surface area contributed by atoms with E-state index >= 15 is 0 Å². The predicted octanol–water partition coefficient (Wildman–Crippen LogP) is 3.22. The molecule has 1 aromatic carbocycles. The molecule has 1 heterocycles. The first-order valence-electron chi connectivity index (χ1n) is 7.88. The third kappa shape index (κ3) is 3.10. The van der Waals surface area contributed by atoms with Crippen LogP contribution in [0.15, 0.2) is 30.5 Å². The molecule has 0 amide bonds. The van der Waals surface area contributed by atoms with E-state index < -0.39 is 15.7 Å². The Hall–Kier alpha value is -1.53. The number of nitrogens with zero attached hydrogens (tertiary/aromatic N) is 2. The fourth-order valence-electron chi connectivity index (χ4n) is 3.37. The molecule has 1 aliphatic carbocycles. The van der Waals surface area contributed by atoms with Gasteiger partial charge in [0.2, 0.25) is 0 Å². The van der Waals surface area contributed by atoms with Gasteiger partial charge in [-0.1, -0.05) is 12.1 Å². The van der Waals surface area contributed by atoms with E-state index in [0.717, 1.165) is 36.9 Å². The zero-order valence-corrected chi connectivity index (χ0v) is 14.3. The average molecular weight is 335 g/mol. The molecule has 4 nitrogen and oxygen atoms in total. The summed E-state index contributed by atoms with van der Waals surface area (Å²) in [6.07, 6.45) is 5.50. The third-order valence-electron chi connectivity index (χ3n) is 4.67. The molecule has 2 atom stereocenters. The van der Waals surface area contributed by atoms with Crippen LogP contribution in [0, 0.1) is 5.82 Å². The number of halogens is 1. The van der Waals surface area contributed by atoms with E-state index in [-0.39, 0.29) is 11.7 Å². The Kier molecular flexibility index (Phi) is 4.38. The van der Waals surface area contributed by atoms with Crippen LogP contribution in [-0.2, 0) is 17.4 Å². The zero-order chi connectivity index (χ0) is 16.6. The second-order valence-electron chi connectivity index (χ2n) is 6.76. The summed E-state index contributed by atoms with van der Waals surface area (Å²) in [6, 6.07) is 6.68. The number of hydrogen-bond acceptors (Lipinski definition) is 2.